The molecule has 1 unspecified atom stereocenters. The summed E-state index contributed by atoms with van der Waals surface area (Å²) in [4.78, 5) is 12.0. The van der Waals surface area contributed by atoms with Gasteiger partial charge in [-0.2, -0.15) is 0 Å². The number of carbonyl (C=O) groups is 1. The first kappa shape index (κ1) is 13.1. The molecule has 4 heteroatoms. The minimum absolute atomic E-state index is 0.0511. The molecule has 0 aromatic heterocycles. The number of amides is 1. The largest absolute Gasteiger partial charge is 0.389 e. The van der Waals surface area contributed by atoms with Gasteiger partial charge >= 0.3 is 0 Å². The highest BCUT2D eigenvalue weighted by molar-refractivity contribution is 5.92. The third kappa shape index (κ3) is 3.31. The fourth-order valence-corrected chi connectivity index (χ4v) is 2.05. The molecule has 1 aromatic carbocycles. The van der Waals surface area contributed by atoms with Crippen LogP contribution in [-0.2, 0) is 9.53 Å². The van der Waals surface area contributed by atoms with Crippen molar-refractivity contribution in [1.29, 1.82) is 0 Å². The van der Waals surface area contributed by atoms with E-state index in [0.29, 0.717) is 13.2 Å². The van der Waals surface area contributed by atoms with Gasteiger partial charge in [0.2, 0.25) is 5.91 Å². The van der Waals surface area contributed by atoms with Gasteiger partial charge in [-0.15, -0.1) is 0 Å². The molecule has 0 spiro atoms. The normalized spacial score (nSPS) is 18.3. The minimum Gasteiger partial charge on any atom is -0.389 e. The van der Waals surface area contributed by atoms with Gasteiger partial charge in [0.05, 0.1) is 6.10 Å². The van der Waals surface area contributed by atoms with Crippen LogP contribution in [0.1, 0.15) is 31.4 Å². The molecule has 0 radical (unpaired) electrons. The molecule has 0 aliphatic carbocycles. The molecule has 4 nitrogen and oxygen atoms in total. The predicted octanol–water partition coefficient (Wildman–Crippen LogP) is 2.10. The third-order valence-corrected chi connectivity index (χ3v) is 3.25. The van der Waals surface area contributed by atoms with Crippen molar-refractivity contribution >= 4 is 11.6 Å². The number of carbonyl (C=O) groups excluding carboxylic acids is 1. The lowest BCUT2D eigenvalue weighted by molar-refractivity contribution is -0.122. The SMILES string of the molecule is CC(O)c1ccc(NC(=O)C2CCOCC2)cc1. The topological polar surface area (TPSA) is 58.6 Å². The molecule has 1 fully saturated rings. The van der Waals surface area contributed by atoms with Crippen LogP contribution in [0.3, 0.4) is 0 Å². The van der Waals surface area contributed by atoms with E-state index in [1.165, 1.54) is 0 Å². The molecule has 1 aliphatic rings. The zero-order valence-corrected chi connectivity index (χ0v) is 10.6. The average Bonchev–Trinajstić information content (AvgIpc) is 2.40. The lowest BCUT2D eigenvalue weighted by Crippen LogP contribution is -2.28. The molecule has 98 valence electrons. The Morgan fingerprint density at radius 2 is 1.94 bits per heavy atom. The van der Waals surface area contributed by atoms with Gasteiger partial charge in [-0.3, -0.25) is 4.79 Å². The molecule has 18 heavy (non-hydrogen) atoms. The molecule has 1 aromatic rings. The zero-order chi connectivity index (χ0) is 13.0. The smallest absolute Gasteiger partial charge is 0.227 e. The van der Waals surface area contributed by atoms with Crippen LogP contribution in [-0.4, -0.2) is 24.2 Å². The predicted molar refractivity (Wildman–Crippen MR) is 69.2 cm³/mol. The van der Waals surface area contributed by atoms with Crippen molar-refractivity contribution in [3.63, 3.8) is 0 Å². The van der Waals surface area contributed by atoms with Crippen LogP contribution in [0.5, 0.6) is 0 Å². The Kier molecular flexibility index (Phi) is 4.33. The molecule has 0 bridgehead atoms. The third-order valence-electron chi connectivity index (χ3n) is 3.25. The van der Waals surface area contributed by atoms with Crippen molar-refractivity contribution in [3.05, 3.63) is 29.8 Å². The summed E-state index contributed by atoms with van der Waals surface area (Å²) < 4.78 is 5.23. The number of aliphatic hydroxyl groups excluding tert-OH is 1. The quantitative estimate of drug-likeness (QED) is 0.862. The first-order valence-corrected chi connectivity index (χ1v) is 6.33. The number of rotatable bonds is 3. The molecule has 0 saturated carbocycles. The van der Waals surface area contributed by atoms with E-state index >= 15 is 0 Å². The summed E-state index contributed by atoms with van der Waals surface area (Å²) in [7, 11) is 0. The Balaban J connectivity index is 1.94. The Morgan fingerprint density at radius 1 is 1.33 bits per heavy atom. The van der Waals surface area contributed by atoms with E-state index in [2.05, 4.69) is 5.32 Å². The maximum atomic E-state index is 12.0. The minimum atomic E-state index is -0.481. The Hall–Kier alpha value is -1.39. The van der Waals surface area contributed by atoms with Gasteiger partial charge in [0.15, 0.2) is 0 Å². The summed E-state index contributed by atoms with van der Waals surface area (Å²) in [5, 5.41) is 12.3. The molecule has 2 rings (SSSR count). The van der Waals surface area contributed by atoms with E-state index in [1.54, 1.807) is 6.92 Å². The fraction of sp³-hybridized carbons (Fsp3) is 0.500. The average molecular weight is 249 g/mol. The highest BCUT2D eigenvalue weighted by Crippen LogP contribution is 2.19. The second kappa shape index (κ2) is 5.98. The lowest BCUT2D eigenvalue weighted by Gasteiger charge is -2.21. The van der Waals surface area contributed by atoms with Crippen LogP contribution in [0.4, 0.5) is 5.69 Å². The molecule has 1 atom stereocenters. The summed E-state index contributed by atoms with van der Waals surface area (Å²) in [5.74, 6) is 0.110. The molecule has 1 amide bonds. The summed E-state index contributed by atoms with van der Waals surface area (Å²) in [6, 6.07) is 7.28. The maximum absolute atomic E-state index is 12.0. The highest BCUT2D eigenvalue weighted by Gasteiger charge is 2.21. The molecule has 2 N–H and O–H groups in total. The lowest BCUT2D eigenvalue weighted by atomic mass is 9.99. The van der Waals surface area contributed by atoms with E-state index in [0.717, 1.165) is 24.1 Å². The molecular formula is C14H19NO3. The number of nitrogens with one attached hydrogen (secondary N) is 1. The van der Waals surface area contributed by atoms with Crippen molar-refractivity contribution in [2.24, 2.45) is 5.92 Å². The van der Waals surface area contributed by atoms with Gasteiger partial charge in [-0.25, -0.2) is 0 Å². The van der Waals surface area contributed by atoms with Crippen molar-refractivity contribution < 1.29 is 14.6 Å². The second-order valence-electron chi connectivity index (χ2n) is 4.67. The first-order valence-electron chi connectivity index (χ1n) is 6.33. The van der Waals surface area contributed by atoms with Crippen molar-refractivity contribution in [2.45, 2.75) is 25.9 Å². The Morgan fingerprint density at radius 3 is 2.50 bits per heavy atom. The van der Waals surface area contributed by atoms with Gasteiger partial charge in [-0.05, 0) is 37.5 Å². The van der Waals surface area contributed by atoms with Crippen molar-refractivity contribution in [1.82, 2.24) is 0 Å². The fourth-order valence-electron chi connectivity index (χ4n) is 2.05. The van der Waals surface area contributed by atoms with Crippen molar-refractivity contribution in [2.75, 3.05) is 18.5 Å². The van der Waals surface area contributed by atoms with Gasteiger partial charge < -0.3 is 15.2 Å². The maximum Gasteiger partial charge on any atom is 0.227 e. The Bertz CT molecular complexity index is 394. The highest BCUT2D eigenvalue weighted by atomic mass is 16.5. The molecule has 1 heterocycles. The van der Waals surface area contributed by atoms with Crippen molar-refractivity contribution in [3.8, 4) is 0 Å². The molecule has 1 aliphatic heterocycles. The van der Waals surface area contributed by atoms with Crippen LogP contribution in [0.15, 0.2) is 24.3 Å². The van der Waals surface area contributed by atoms with Gasteiger partial charge in [0, 0.05) is 24.8 Å². The number of ether oxygens (including phenoxy) is 1. The van der Waals surface area contributed by atoms with Gasteiger partial charge in [0.25, 0.3) is 0 Å². The van der Waals surface area contributed by atoms with E-state index in [1.807, 2.05) is 24.3 Å². The van der Waals surface area contributed by atoms with Crippen LogP contribution in [0, 0.1) is 5.92 Å². The summed E-state index contributed by atoms with van der Waals surface area (Å²) in [6.07, 6.45) is 1.10. The number of hydrogen-bond acceptors (Lipinski definition) is 3. The standard InChI is InChI=1S/C14H19NO3/c1-10(16)11-2-4-13(5-3-11)15-14(17)12-6-8-18-9-7-12/h2-5,10,12,16H,6-9H2,1H3,(H,15,17). The van der Waals surface area contributed by atoms with E-state index in [-0.39, 0.29) is 11.8 Å². The van der Waals surface area contributed by atoms with Crippen LogP contribution in [0.2, 0.25) is 0 Å². The van der Waals surface area contributed by atoms with Crippen LogP contribution >= 0.6 is 0 Å². The molecular weight excluding hydrogens is 230 g/mol. The van der Waals surface area contributed by atoms with E-state index in [4.69, 9.17) is 4.74 Å². The van der Waals surface area contributed by atoms with Gasteiger partial charge in [0.1, 0.15) is 0 Å². The molecule has 1 saturated heterocycles. The number of benzene rings is 1. The zero-order valence-electron chi connectivity index (χ0n) is 10.6. The monoisotopic (exact) mass is 249 g/mol. The first-order chi connectivity index (χ1) is 8.66. The summed E-state index contributed by atoms with van der Waals surface area (Å²) >= 11 is 0. The number of anilines is 1. The van der Waals surface area contributed by atoms with E-state index < -0.39 is 6.10 Å². The van der Waals surface area contributed by atoms with Crippen LogP contribution in [0.25, 0.3) is 0 Å². The second-order valence-corrected chi connectivity index (χ2v) is 4.67. The van der Waals surface area contributed by atoms with Gasteiger partial charge in [-0.1, -0.05) is 12.1 Å². The summed E-state index contributed by atoms with van der Waals surface area (Å²) in [6.45, 7) is 3.05. The number of aliphatic hydroxyl groups is 1. The summed E-state index contributed by atoms with van der Waals surface area (Å²) in [5.41, 5.74) is 1.62. The Labute approximate surface area is 107 Å². The number of hydrogen-bond donors (Lipinski definition) is 2. The van der Waals surface area contributed by atoms with Crippen LogP contribution < -0.4 is 5.32 Å². The van der Waals surface area contributed by atoms with E-state index in [9.17, 15) is 9.90 Å².